The van der Waals surface area contributed by atoms with Gasteiger partial charge in [0.25, 0.3) is 0 Å². The van der Waals surface area contributed by atoms with E-state index in [9.17, 15) is 18.3 Å². The number of hydrogen-bond donors (Lipinski definition) is 1. The first kappa shape index (κ1) is 15.8. The van der Waals surface area contributed by atoms with E-state index >= 15 is 0 Å². The lowest BCUT2D eigenvalue weighted by molar-refractivity contribution is -0.142. The number of aliphatic carboxylic acids is 1. The molecule has 1 N–H and O–H groups in total. The summed E-state index contributed by atoms with van der Waals surface area (Å²) in [5.74, 6) is -1.18. The topological polar surface area (TPSA) is 98.5 Å². The third-order valence-electron chi connectivity index (χ3n) is 3.39. The normalized spacial score (nSPS) is 19.9. The van der Waals surface area contributed by atoms with Crippen LogP contribution in [0.3, 0.4) is 0 Å². The maximum atomic E-state index is 12.7. The maximum absolute atomic E-state index is 12.7. The number of nitrogens with zero attached hydrogens (tertiary/aromatic N) is 2. The van der Waals surface area contributed by atoms with Crippen LogP contribution in [0, 0.1) is 11.3 Å². The lowest BCUT2D eigenvalue weighted by Crippen LogP contribution is -2.47. The zero-order chi connectivity index (χ0) is 15.6. The predicted molar refractivity (Wildman–Crippen MR) is 75.3 cm³/mol. The Morgan fingerprint density at radius 3 is 2.76 bits per heavy atom. The van der Waals surface area contributed by atoms with Crippen molar-refractivity contribution in [3.8, 4) is 6.07 Å². The largest absolute Gasteiger partial charge is 0.480 e. The summed E-state index contributed by atoms with van der Waals surface area (Å²) in [4.78, 5) is 11.0. The van der Waals surface area contributed by atoms with E-state index in [2.05, 4.69) is 0 Å². The zero-order valence-corrected chi connectivity index (χ0v) is 12.6. The van der Waals surface area contributed by atoms with E-state index in [-0.39, 0.29) is 28.4 Å². The van der Waals surface area contributed by atoms with Crippen molar-refractivity contribution in [2.45, 2.75) is 30.2 Å². The molecule has 112 valence electrons. The van der Waals surface area contributed by atoms with Gasteiger partial charge in [0.05, 0.1) is 16.7 Å². The summed E-state index contributed by atoms with van der Waals surface area (Å²) in [5, 5.41) is 18.0. The minimum absolute atomic E-state index is 0.0243. The molecule has 0 unspecified atom stereocenters. The first-order valence-corrected chi connectivity index (χ1v) is 8.14. The summed E-state index contributed by atoms with van der Waals surface area (Å²) in [7, 11) is -4.05. The number of carbonyl (C=O) groups is 1. The quantitative estimate of drug-likeness (QED) is 0.912. The smallest absolute Gasteiger partial charge is 0.322 e. The fraction of sp³-hybridized carbons (Fsp3) is 0.385. The number of piperidine rings is 1. The highest BCUT2D eigenvalue weighted by atomic mass is 35.5. The molecule has 0 aliphatic carbocycles. The minimum Gasteiger partial charge on any atom is -0.480 e. The van der Waals surface area contributed by atoms with E-state index in [1.807, 2.05) is 6.07 Å². The summed E-state index contributed by atoms with van der Waals surface area (Å²) in [5.41, 5.74) is 0.154. The maximum Gasteiger partial charge on any atom is 0.322 e. The lowest BCUT2D eigenvalue weighted by Gasteiger charge is -2.32. The Morgan fingerprint density at radius 2 is 2.14 bits per heavy atom. The minimum atomic E-state index is -4.05. The Bertz CT molecular complexity index is 711. The van der Waals surface area contributed by atoms with Crippen LogP contribution < -0.4 is 0 Å². The van der Waals surface area contributed by atoms with Crippen molar-refractivity contribution in [3.63, 3.8) is 0 Å². The number of hydrogen-bond acceptors (Lipinski definition) is 4. The Hall–Kier alpha value is -1.62. The van der Waals surface area contributed by atoms with E-state index in [0.717, 1.165) is 4.31 Å². The Labute approximate surface area is 127 Å². The van der Waals surface area contributed by atoms with E-state index < -0.39 is 22.0 Å². The first-order chi connectivity index (χ1) is 9.87. The van der Waals surface area contributed by atoms with Gasteiger partial charge in [0.1, 0.15) is 10.9 Å². The summed E-state index contributed by atoms with van der Waals surface area (Å²) >= 11 is 5.92. The molecule has 6 nitrogen and oxygen atoms in total. The molecule has 0 bridgehead atoms. The van der Waals surface area contributed by atoms with Crippen molar-refractivity contribution >= 4 is 27.6 Å². The highest BCUT2D eigenvalue weighted by molar-refractivity contribution is 7.89. The van der Waals surface area contributed by atoms with Crippen molar-refractivity contribution in [1.82, 2.24) is 4.31 Å². The van der Waals surface area contributed by atoms with Gasteiger partial charge >= 0.3 is 5.97 Å². The number of carboxylic acid groups (broad SMARTS) is 1. The van der Waals surface area contributed by atoms with Crippen LogP contribution in [0.25, 0.3) is 0 Å². The molecule has 0 radical (unpaired) electrons. The molecule has 0 aromatic heterocycles. The number of carboxylic acids is 1. The molecule has 1 aromatic rings. The second kappa shape index (κ2) is 6.02. The van der Waals surface area contributed by atoms with Crippen molar-refractivity contribution in [2.75, 3.05) is 6.54 Å². The number of benzene rings is 1. The molecule has 21 heavy (non-hydrogen) atoms. The molecular weight excluding hydrogens is 316 g/mol. The SMILES string of the molecule is N#Cc1ccc(Cl)c(S(=O)(=O)N2CCCC[C@@H]2C(=O)O)c1. The van der Waals surface area contributed by atoms with Gasteiger partial charge < -0.3 is 5.11 Å². The first-order valence-electron chi connectivity index (χ1n) is 6.32. The van der Waals surface area contributed by atoms with Crippen LogP contribution in [-0.4, -0.2) is 36.4 Å². The third-order valence-corrected chi connectivity index (χ3v) is 5.78. The molecule has 2 rings (SSSR count). The Morgan fingerprint density at radius 1 is 1.43 bits per heavy atom. The molecule has 8 heteroatoms. The molecule has 0 saturated carbocycles. The summed E-state index contributed by atoms with van der Waals surface area (Å²) in [6.45, 7) is 0.131. The fourth-order valence-electron chi connectivity index (χ4n) is 2.34. The zero-order valence-electron chi connectivity index (χ0n) is 11.0. The number of nitriles is 1. The molecule has 1 saturated heterocycles. The number of halogens is 1. The monoisotopic (exact) mass is 328 g/mol. The van der Waals surface area contributed by atoms with E-state index in [0.29, 0.717) is 12.8 Å². The fourth-order valence-corrected chi connectivity index (χ4v) is 4.49. The van der Waals surface area contributed by atoms with Crippen molar-refractivity contribution < 1.29 is 18.3 Å². The molecule has 1 aromatic carbocycles. The average Bonchev–Trinajstić information content (AvgIpc) is 2.47. The van der Waals surface area contributed by atoms with Crippen LogP contribution in [0.15, 0.2) is 23.1 Å². The van der Waals surface area contributed by atoms with E-state index in [1.54, 1.807) is 0 Å². The summed E-state index contributed by atoms with van der Waals surface area (Å²) in [6.07, 6.45) is 1.53. The highest BCUT2D eigenvalue weighted by Crippen LogP contribution is 2.30. The van der Waals surface area contributed by atoms with Crippen LogP contribution >= 0.6 is 11.6 Å². The van der Waals surface area contributed by atoms with Crippen molar-refractivity contribution in [2.24, 2.45) is 0 Å². The van der Waals surface area contributed by atoms with Crippen LogP contribution in [0.2, 0.25) is 5.02 Å². The molecule has 1 heterocycles. The molecule has 1 fully saturated rings. The molecule has 1 atom stereocenters. The van der Waals surface area contributed by atoms with Gasteiger partial charge in [-0.3, -0.25) is 4.79 Å². The third kappa shape index (κ3) is 3.02. The van der Waals surface area contributed by atoms with Crippen molar-refractivity contribution in [3.05, 3.63) is 28.8 Å². The lowest BCUT2D eigenvalue weighted by atomic mass is 10.1. The van der Waals surface area contributed by atoms with Crippen LogP contribution in [-0.2, 0) is 14.8 Å². The van der Waals surface area contributed by atoms with Gasteiger partial charge in [0.2, 0.25) is 10.0 Å². The number of sulfonamides is 1. The van der Waals surface area contributed by atoms with Gasteiger partial charge in [0.15, 0.2) is 0 Å². The van der Waals surface area contributed by atoms with Crippen LogP contribution in [0.1, 0.15) is 24.8 Å². The molecular formula is C13H13ClN2O4S. The van der Waals surface area contributed by atoms with Crippen LogP contribution in [0.5, 0.6) is 0 Å². The molecule has 0 spiro atoms. The van der Waals surface area contributed by atoms with Crippen molar-refractivity contribution in [1.29, 1.82) is 5.26 Å². The summed E-state index contributed by atoms with van der Waals surface area (Å²) in [6, 6.07) is 4.66. The van der Waals surface area contributed by atoms with Gasteiger partial charge in [-0.15, -0.1) is 0 Å². The van der Waals surface area contributed by atoms with Gasteiger partial charge in [-0.2, -0.15) is 9.57 Å². The standard InChI is InChI=1S/C13H13ClN2O4S/c14-10-5-4-9(8-15)7-12(10)21(19,20)16-6-2-1-3-11(16)13(17)18/h4-5,7,11H,1-3,6H2,(H,17,18)/t11-/m1/s1. The Balaban J connectivity index is 2.50. The molecule has 1 aliphatic rings. The molecule has 1 aliphatic heterocycles. The van der Waals surface area contributed by atoms with Gasteiger partial charge in [-0.1, -0.05) is 11.6 Å². The van der Waals surface area contributed by atoms with E-state index in [1.165, 1.54) is 18.2 Å². The van der Waals surface area contributed by atoms with Gasteiger partial charge in [-0.05, 0) is 37.5 Å². The second-order valence-corrected chi connectivity index (χ2v) is 6.99. The summed E-state index contributed by atoms with van der Waals surface area (Å²) < 4.78 is 26.3. The number of rotatable bonds is 3. The predicted octanol–water partition coefficient (Wildman–Crippen LogP) is 1.84. The van der Waals surface area contributed by atoms with Crippen LogP contribution in [0.4, 0.5) is 0 Å². The molecule has 0 amide bonds. The van der Waals surface area contributed by atoms with Gasteiger partial charge in [0, 0.05) is 6.54 Å². The highest BCUT2D eigenvalue weighted by Gasteiger charge is 2.38. The van der Waals surface area contributed by atoms with Gasteiger partial charge in [-0.25, -0.2) is 8.42 Å². The second-order valence-electron chi connectivity index (χ2n) is 4.72. The average molecular weight is 329 g/mol. The Kier molecular flexibility index (Phi) is 4.52. The van der Waals surface area contributed by atoms with E-state index in [4.69, 9.17) is 16.9 Å².